The fourth-order valence-electron chi connectivity index (χ4n) is 0.985. The molecule has 0 aromatic carbocycles. The predicted molar refractivity (Wildman–Crippen MR) is 60.5 cm³/mol. The third kappa shape index (κ3) is 5.12. The molecule has 0 rings (SSSR count). The van der Waals surface area contributed by atoms with Gasteiger partial charge < -0.3 is 0 Å². The van der Waals surface area contributed by atoms with Crippen LogP contribution in [0.2, 0.25) is 0 Å². The van der Waals surface area contributed by atoms with Gasteiger partial charge in [-0.2, -0.15) is 10.2 Å². The predicted octanol–water partition coefficient (Wildman–Crippen LogP) is 3.37. The van der Waals surface area contributed by atoms with Crippen LogP contribution in [0.15, 0.2) is 34.0 Å². The summed E-state index contributed by atoms with van der Waals surface area (Å²) in [5.74, 6) is 0. The summed E-state index contributed by atoms with van der Waals surface area (Å²) in [6.45, 7) is 9.50. The first-order valence-electron chi connectivity index (χ1n) is 4.62. The number of hydrogen-bond acceptors (Lipinski definition) is 2. The van der Waals surface area contributed by atoms with Crippen LogP contribution in [0.5, 0.6) is 0 Å². The molecule has 0 saturated heterocycles. The van der Waals surface area contributed by atoms with Crippen molar-refractivity contribution in [3.63, 3.8) is 0 Å². The Morgan fingerprint density at radius 3 is 2.54 bits per heavy atom. The molecule has 0 fully saturated rings. The van der Waals surface area contributed by atoms with E-state index in [1.54, 1.807) is 0 Å². The van der Waals surface area contributed by atoms with Crippen LogP contribution < -0.4 is 0 Å². The highest BCUT2D eigenvalue weighted by Gasteiger charge is 1.96. The van der Waals surface area contributed by atoms with Gasteiger partial charge in [0.1, 0.15) is 0 Å². The summed E-state index contributed by atoms with van der Waals surface area (Å²) < 4.78 is 0. The van der Waals surface area contributed by atoms with Crippen LogP contribution in [0.1, 0.15) is 33.6 Å². The molecule has 0 aliphatic heterocycles. The lowest BCUT2D eigenvalue weighted by Crippen LogP contribution is -1.94. The Morgan fingerprint density at radius 1 is 1.38 bits per heavy atom. The van der Waals surface area contributed by atoms with Gasteiger partial charge in [-0.3, -0.25) is 0 Å². The Hall–Kier alpha value is -1.18. The van der Waals surface area contributed by atoms with Gasteiger partial charge in [-0.05, 0) is 25.3 Å². The molecule has 0 radical (unpaired) electrons. The second-order valence-corrected chi connectivity index (χ2v) is 2.71. The van der Waals surface area contributed by atoms with E-state index in [1.807, 2.05) is 6.92 Å². The Kier molecular flexibility index (Phi) is 6.79. The van der Waals surface area contributed by atoms with Crippen molar-refractivity contribution in [3.05, 3.63) is 23.8 Å². The second kappa shape index (κ2) is 7.47. The molecule has 13 heavy (non-hydrogen) atoms. The normalized spacial score (nSPS) is 13.8. The third-order valence-corrected chi connectivity index (χ3v) is 1.74. The van der Waals surface area contributed by atoms with Crippen LogP contribution in [0.4, 0.5) is 0 Å². The Bertz CT molecular complexity index is 234. The van der Waals surface area contributed by atoms with E-state index in [0.29, 0.717) is 0 Å². The molecule has 0 N–H and O–H groups in total. The smallest absolute Gasteiger partial charge is 0.0631 e. The van der Waals surface area contributed by atoms with E-state index in [1.165, 1.54) is 5.57 Å². The third-order valence-electron chi connectivity index (χ3n) is 1.74. The van der Waals surface area contributed by atoms with Gasteiger partial charge in [-0.15, -0.1) is 0 Å². The van der Waals surface area contributed by atoms with Gasteiger partial charge in [0.25, 0.3) is 0 Å². The lowest BCUT2D eigenvalue weighted by Gasteiger charge is -1.99. The quantitative estimate of drug-likeness (QED) is 0.350. The van der Waals surface area contributed by atoms with Crippen molar-refractivity contribution < 1.29 is 0 Å². The minimum Gasteiger partial charge on any atom is -0.167 e. The van der Waals surface area contributed by atoms with Gasteiger partial charge in [0, 0.05) is 6.72 Å². The van der Waals surface area contributed by atoms with Gasteiger partial charge in [0.2, 0.25) is 0 Å². The summed E-state index contributed by atoms with van der Waals surface area (Å²) in [5, 5.41) is 7.41. The second-order valence-electron chi connectivity index (χ2n) is 2.71. The van der Waals surface area contributed by atoms with E-state index in [9.17, 15) is 0 Å². The summed E-state index contributed by atoms with van der Waals surface area (Å²) >= 11 is 0. The van der Waals surface area contributed by atoms with E-state index in [2.05, 4.69) is 49.0 Å². The Morgan fingerprint density at radius 2 is 2.08 bits per heavy atom. The van der Waals surface area contributed by atoms with E-state index >= 15 is 0 Å². The van der Waals surface area contributed by atoms with Crippen molar-refractivity contribution in [3.8, 4) is 0 Å². The van der Waals surface area contributed by atoms with Crippen molar-refractivity contribution in [2.75, 3.05) is 0 Å². The molecule has 0 bridgehead atoms. The zero-order valence-electron chi connectivity index (χ0n) is 8.75. The minimum absolute atomic E-state index is 0.943. The summed E-state index contributed by atoms with van der Waals surface area (Å²) in [5.41, 5.74) is 2.15. The first-order valence-corrected chi connectivity index (χ1v) is 4.62. The first-order chi connectivity index (χ1) is 6.26. The van der Waals surface area contributed by atoms with Crippen molar-refractivity contribution in [1.29, 1.82) is 0 Å². The SMILES string of the molecule is C=NN=C(C)C(=CC=CCC)CC. The largest absolute Gasteiger partial charge is 0.167 e. The molecule has 0 aromatic rings. The molecule has 0 spiro atoms. The molecule has 0 atom stereocenters. The summed E-state index contributed by atoms with van der Waals surface area (Å²) in [6, 6.07) is 0. The molecule has 0 saturated carbocycles. The molecule has 0 aliphatic rings. The van der Waals surface area contributed by atoms with Crippen LogP contribution in [0, 0.1) is 0 Å². The molecule has 0 unspecified atom stereocenters. The van der Waals surface area contributed by atoms with Gasteiger partial charge in [0.05, 0.1) is 5.71 Å². The molecule has 72 valence electrons. The maximum absolute atomic E-state index is 3.90. The summed E-state index contributed by atoms with van der Waals surface area (Å²) in [7, 11) is 0. The minimum atomic E-state index is 0.943. The van der Waals surface area contributed by atoms with Gasteiger partial charge in [-0.1, -0.05) is 32.1 Å². The van der Waals surface area contributed by atoms with Crippen molar-refractivity contribution >= 4 is 12.4 Å². The Balaban J connectivity index is 4.49. The topological polar surface area (TPSA) is 24.7 Å². The van der Waals surface area contributed by atoms with E-state index in [-0.39, 0.29) is 0 Å². The van der Waals surface area contributed by atoms with E-state index in [4.69, 9.17) is 0 Å². The molecule has 2 nitrogen and oxygen atoms in total. The Labute approximate surface area is 80.8 Å². The van der Waals surface area contributed by atoms with Crippen LogP contribution in [-0.2, 0) is 0 Å². The van der Waals surface area contributed by atoms with E-state index < -0.39 is 0 Å². The molecule has 0 heterocycles. The van der Waals surface area contributed by atoms with Gasteiger partial charge in [0.15, 0.2) is 0 Å². The zero-order chi connectivity index (χ0) is 10.1. The molecular formula is C11H18N2. The fourth-order valence-corrected chi connectivity index (χ4v) is 0.985. The molecule has 0 amide bonds. The lowest BCUT2D eigenvalue weighted by molar-refractivity contribution is 1.14. The highest BCUT2D eigenvalue weighted by Crippen LogP contribution is 2.04. The van der Waals surface area contributed by atoms with Crippen molar-refractivity contribution in [1.82, 2.24) is 0 Å². The van der Waals surface area contributed by atoms with Crippen molar-refractivity contribution in [2.24, 2.45) is 10.2 Å². The number of nitrogens with zero attached hydrogens (tertiary/aromatic N) is 2. The number of hydrogen-bond donors (Lipinski definition) is 0. The average molecular weight is 178 g/mol. The number of allylic oxidation sites excluding steroid dienone is 4. The van der Waals surface area contributed by atoms with Gasteiger partial charge in [-0.25, -0.2) is 0 Å². The zero-order valence-corrected chi connectivity index (χ0v) is 8.75. The standard InChI is InChI=1S/C11H18N2/c1-5-7-8-9-11(6-2)10(3)13-12-4/h7-9H,4-6H2,1-3H3. The molecule has 2 heteroatoms. The van der Waals surface area contributed by atoms with Crippen LogP contribution >= 0.6 is 0 Å². The first kappa shape index (κ1) is 11.8. The van der Waals surface area contributed by atoms with Gasteiger partial charge >= 0.3 is 0 Å². The summed E-state index contributed by atoms with van der Waals surface area (Å²) in [6.07, 6.45) is 8.28. The maximum atomic E-state index is 3.90. The fraction of sp³-hybridized carbons (Fsp3) is 0.455. The lowest BCUT2D eigenvalue weighted by atomic mass is 10.1. The highest BCUT2D eigenvalue weighted by molar-refractivity contribution is 5.98. The molecule has 0 aromatic heterocycles. The maximum Gasteiger partial charge on any atom is 0.0631 e. The highest BCUT2D eigenvalue weighted by atomic mass is 15.2. The summed E-state index contributed by atoms with van der Waals surface area (Å²) in [4.78, 5) is 0. The van der Waals surface area contributed by atoms with E-state index in [0.717, 1.165) is 18.6 Å². The molecular weight excluding hydrogens is 160 g/mol. The van der Waals surface area contributed by atoms with Crippen LogP contribution in [0.25, 0.3) is 0 Å². The molecule has 0 aliphatic carbocycles. The monoisotopic (exact) mass is 178 g/mol. The van der Waals surface area contributed by atoms with Crippen molar-refractivity contribution in [2.45, 2.75) is 33.6 Å². The average Bonchev–Trinajstić information content (AvgIpc) is 2.13. The number of rotatable bonds is 5. The van der Waals surface area contributed by atoms with Crippen LogP contribution in [0.3, 0.4) is 0 Å². The van der Waals surface area contributed by atoms with Crippen LogP contribution in [-0.4, -0.2) is 12.4 Å².